The van der Waals surface area contributed by atoms with Crippen LogP contribution in [0, 0.1) is 12.8 Å². The van der Waals surface area contributed by atoms with E-state index < -0.39 is 0 Å². The van der Waals surface area contributed by atoms with E-state index in [4.69, 9.17) is 9.26 Å². The third-order valence-electron chi connectivity index (χ3n) is 5.43. The minimum Gasteiger partial charge on any atom is -0.497 e. The second-order valence-electron chi connectivity index (χ2n) is 7.65. The van der Waals surface area contributed by atoms with Crippen LogP contribution < -0.4 is 10.1 Å². The van der Waals surface area contributed by atoms with E-state index in [0.717, 1.165) is 42.9 Å². The summed E-state index contributed by atoms with van der Waals surface area (Å²) in [7, 11) is 1.61. The minimum atomic E-state index is -0.00162. The second kappa shape index (κ2) is 9.09. The zero-order valence-corrected chi connectivity index (χ0v) is 17.3. The molecule has 0 unspecified atom stereocenters. The maximum Gasteiger partial charge on any atom is 0.241 e. The van der Waals surface area contributed by atoms with Crippen LogP contribution in [0.3, 0.4) is 0 Å². The van der Waals surface area contributed by atoms with Crippen molar-refractivity contribution in [1.29, 1.82) is 0 Å². The SMILES string of the molecule is COc1cccc(NC(=O)C2CCN(Cc3nc(-c4ccc(C)cc4)no3)CC2)c1. The summed E-state index contributed by atoms with van der Waals surface area (Å²) in [5.74, 6) is 2.00. The number of hydrogen-bond donors (Lipinski definition) is 1. The molecule has 2 aromatic carbocycles. The van der Waals surface area contributed by atoms with Gasteiger partial charge in [0, 0.05) is 23.2 Å². The number of piperidine rings is 1. The molecule has 0 bridgehead atoms. The minimum absolute atomic E-state index is 0.00162. The lowest BCUT2D eigenvalue weighted by Crippen LogP contribution is -2.37. The number of likely N-dealkylation sites (tertiary alicyclic amines) is 1. The van der Waals surface area contributed by atoms with Crippen molar-refractivity contribution >= 4 is 11.6 Å². The fourth-order valence-corrected chi connectivity index (χ4v) is 3.63. The molecule has 2 heterocycles. The number of amides is 1. The van der Waals surface area contributed by atoms with Crippen LogP contribution in [0.15, 0.2) is 53.1 Å². The highest BCUT2D eigenvalue weighted by Crippen LogP contribution is 2.23. The Hall–Kier alpha value is -3.19. The van der Waals surface area contributed by atoms with E-state index in [9.17, 15) is 4.79 Å². The van der Waals surface area contributed by atoms with Crippen molar-refractivity contribution in [3.8, 4) is 17.1 Å². The molecule has 156 valence electrons. The Balaban J connectivity index is 1.28. The fraction of sp³-hybridized carbons (Fsp3) is 0.348. The molecule has 4 rings (SSSR count). The third-order valence-corrected chi connectivity index (χ3v) is 5.43. The highest BCUT2D eigenvalue weighted by atomic mass is 16.5. The number of aromatic nitrogens is 2. The Morgan fingerprint density at radius 3 is 2.70 bits per heavy atom. The molecule has 7 heteroatoms. The van der Waals surface area contributed by atoms with Gasteiger partial charge in [0.05, 0.1) is 13.7 Å². The first-order valence-electron chi connectivity index (χ1n) is 10.2. The smallest absolute Gasteiger partial charge is 0.241 e. The van der Waals surface area contributed by atoms with E-state index in [1.807, 2.05) is 55.5 Å². The number of nitrogens with one attached hydrogen (secondary N) is 1. The zero-order valence-electron chi connectivity index (χ0n) is 17.3. The van der Waals surface area contributed by atoms with Crippen molar-refractivity contribution in [2.24, 2.45) is 5.92 Å². The molecule has 1 fully saturated rings. The first kappa shape index (κ1) is 20.1. The predicted molar refractivity (Wildman–Crippen MR) is 114 cm³/mol. The van der Waals surface area contributed by atoms with Gasteiger partial charge in [-0.3, -0.25) is 9.69 Å². The number of methoxy groups -OCH3 is 1. The molecular weight excluding hydrogens is 380 g/mol. The number of anilines is 1. The molecule has 0 radical (unpaired) electrons. The van der Waals surface area contributed by atoms with Gasteiger partial charge < -0.3 is 14.6 Å². The summed E-state index contributed by atoms with van der Waals surface area (Å²) in [4.78, 5) is 19.4. The van der Waals surface area contributed by atoms with Gasteiger partial charge in [0.1, 0.15) is 5.75 Å². The Kier molecular flexibility index (Phi) is 6.09. The van der Waals surface area contributed by atoms with E-state index in [0.29, 0.717) is 18.3 Å². The average Bonchev–Trinajstić information content (AvgIpc) is 3.23. The monoisotopic (exact) mass is 406 g/mol. The third kappa shape index (κ3) is 4.86. The van der Waals surface area contributed by atoms with E-state index >= 15 is 0 Å². The molecular formula is C23H26N4O3. The van der Waals surface area contributed by atoms with E-state index in [-0.39, 0.29) is 11.8 Å². The topological polar surface area (TPSA) is 80.5 Å². The van der Waals surface area contributed by atoms with Crippen LogP contribution in [0.2, 0.25) is 0 Å². The van der Waals surface area contributed by atoms with Crippen LogP contribution in [-0.4, -0.2) is 41.1 Å². The molecule has 0 atom stereocenters. The molecule has 1 aliphatic heterocycles. The maximum atomic E-state index is 12.6. The quantitative estimate of drug-likeness (QED) is 0.669. The van der Waals surface area contributed by atoms with Crippen molar-refractivity contribution in [2.75, 3.05) is 25.5 Å². The van der Waals surface area contributed by atoms with Gasteiger partial charge in [0.15, 0.2) is 0 Å². The number of carbonyl (C=O) groups is 1. The van der Waals surface area contributed by atoms with Gasteiger partial charge in [0.25, 0.3) is 0 Å². The lowest BCUT2D eigenvalue weighted by atomic mass is 9.96. The van der Waals surface area contributed by atoms with Gasteiger partial charge in [-0.05, 0) is 45.0 Å². The highest BCUT2D eigenvalue weighted by molar-refractivity contribution is 5.92. The Morgan fingerprint density at radius 1 is 1.20 bits per heavy atom. The Bertz CT molecular complexity index is 992. The van der Waals surface area contributed by atoms with Gasteiger partial charge >= 0.3 is 0 Å². The van der Waals surface area contributed by atoms with Crippen LogP contribution in [0.5, 0.6) is 5.75 Å². The highest BCUT2D eigenvalue weighted by Gasteiger charge is 2.26. The normalized spacial score (nSPS) is 15.1. The molecule has 1 aromatic heterocycles. The van der Waals surface area contributed by atoms with Crippen LogP contribution in [0.4, 0.5) is 5.69 Å². The fourth-order valence-electron chi connectivity index (χ4n) is 3.63. The molecule has 30 heavy (non-hydrogen) atoms. The van der Waals surface area contributed by atoms with Crippen LogP contribution in [-0.2, 0) is 11.3 Å². The Labute approximate surface area is 176 Å². The summed E-state index contributed by atoms with van der Waals surface area (Å²) in [5.41, 5.74) is 2.90. The maximum absolute atomic E-state index is 12.6. The van der Waals surface area contributed by atoms with E-state index in [1.165, 1.54) is 5.56 Å². The molecule has 1 amide bonds. The van der Waals surface area contributed by atoms with Gasteiger partial charge in [-0.15, -0.1) is 0 Å². The van der Waals surface area contributed by atoms with Gasteiger partial charge in [0.2, 0.25) is 17.6 Å². The molecule has 1 N–H and O–H groups in total. The number of aryl methyl sites for hydroxylation is 1. The van der Waals surface area contributed by atoms with Crippen molar-refractivity contribution in [3.05, 3.63) is 60.0 Å². The number of carbonyl (C=O) groups excluding carboxylic acids is 1. The number of hydrogen-bond acceptors (Lipinski definition) is 6. The van der Waals surface area contributed by atoms with Crippen molar-refractivity contribution < 1.29 is 14.1 Å². The number of benzene rings is 2. The van der Waals surface area contributed by atoms with Crippen LogP contribution in [0.1, 0.15) is 24.3 Å². The molecule has 0 saturated carbocycles. The zero-order chi connectivity index (χ0) is 20.9. The molecule has 1 saturated heterocycles. The summed E-state index contributed by atoms with van der Waals surface area (Å²) >= 11 is 0. The largest absolute Gasteiger partial charge is 0.497 e. The van der Waals surface area contributed by atoms with Crippen molar-refractivity contribution in [1.82, 2.24) is 15.0 Å². The van der Waals surface area contributed by atoms with E-state index in [2.05, 4.69) is 20.4 Å². The number of rotatable bonds is 6. The van der Waals surface area contributed by atoms with E-state index in [1.54, 1.807) is 7.11 Å². The first-order valence-corrected chi connectivity index (χ1v) is 10.2. The summed E-state index contributed by atoms with van der Waals surface area (Å²) in [6.45, 7) is 4.28. The number of ether oxygens (including phenoxy) is 1. The molecule has 7 nitrogen and oxygen atoms in total. The van der Waals surface area contributed by atoms with Crippen LogP contribution in [0.25, 0.3) is 11.4 Å². The number of nitrogens with zero attached hydrogens (tertiary/aromatic N) is 3. The Morgan fingerprint density at radius 2 is 1.97 bits per heavy atom. The lowest BCUT2D eigenvalue weighted by Gasteiger charge is -2.30. The van der Waals surface area contributed by atoms with Gasteiger partial charge in [-0.2, -0.15) is 4.98 Å². The molecule has 1 aliphatic rings. The molecule has 0 spiro atoms. The predicted octanol–water partition coefficient (Wildman–Crippen LogP) is 3.90. The first-order chi connectivity index (χ1) is 14.6. The lowest BCUT2D eigenvalue weighted by molar-refractivity contribution is -0.121. The standard InChI is InChI=1S/C23H26N4O3/c1-16-6-8-17(9-7-16)22-25-21(30-26-22)15-27-12-10-18(11-13-27)23(28)24-19-4-3-5-20(14-19)29-2/h3-9,14,18H,10-13,15H2,1-2H3,(H,24,28). The van der Waals surface area contributed by atoms with Crippen molar-refractivity contribution in [3.63, 3.8) is 0 Å². The van der Waals surface area contributed by atoms with Crippen molar-refractivity contribution in [2.45, 2.75) is 26.3 Å². The second-order valence-corrected chi connectivity index (χ2v) is 7.65. The summed E-state index contributed by atoms with van der Waals surface area (Å²) in [6.07, 6.45) is 1.60. The summed E-state index contributed by atoms with van der Waals surface area (Å²) in [6, 6.07) is 15.5. The summed E-state index contributed by atoms with van der Waals surface area (Å²) < 4.78 is 10.6. The average molecular weight is 406 g/mol. The molecule has 3 aromatic rings. The molecule has 0 aliphatic carbocycles. The van der Waals surface area contributed by atoms with Crippen LogP contribution >= 0.6 is 0 Å². The van der Waals surface area contributed by atoms with Gasteiger partial charge in [-0.1, -0.05) is 41.1 Å². The van der Waals surface area contributed by atoms with Gasteiger partial charge in [-0.25, -0.2) is 0 Å². The summed E-state index contributed by atoms with van der Waals surface area (Å²) in [5, 5.41) is 7.10.